The lowest BCUT2D eigenvalue weighted by Gasteiger charge is -2.15. The molecule has 0 spiro atoms. The van der Waals surface area contributed by atoms with Gasteiger partial charge in [-0.1, -0.05) is 16.8 Å². The van der Waals surface area contributed by atoms with Gasteiger partial charge in [0.05, 0.1) is 23.7 Å². The molecule has 1 aromatic heterocycles. The minimum Gasteiger partial charge on any atom is -0.338 e. The van der Waals surface area contributed by atoms with Crippen LogP contribution >= 0.6 is 11.6 Å². The molecule has 6 nitrogen and oxygen atoms in total. The Kier molecular flexibility index (Phi) is 5.45. The first-order valence-electron chi connectivity index (χ1n) is 6.79. The van der Waals surface area contributed by atoms with Crippen LogP contribution in [0.15, 0.2) is 22.7 Å². The second-order valence-electron chi connectivity index (χ2n) is 5.15. The van der Waals surface area contributed by atoms with Crippen LogP contribution in [0, 0.1) is 6.92 Å². The molecule has 2 rings (SSSR count). The maximum absolute atomic E-state index is 12.8. The van der Waals surface area contributed by atoms with E-state index in [1.165, 1.54) is 6.07 Å². The highest BCUT2D eigenvalue weighted by atomic mass is 35.5. The summed E-state index contributed by atoms with van der Waals surface area (Å²) in [5.74, 6) is 0.335. The van der Waals surface area contributed by atoms with Gasteiger partial charge in [0.1, 0.15) is 0 Å². The van der Waals surface area contributed by atoms with Crippen LogP contribution in [0.3, 0.4) is 0 Å². The lowest BCUT2D eigenvalue weighted by atomic mass is 10.2. The van der Waals surface area contributed by atoms with E-state index in [0.717, 1.165) is 12.1 Å². The van der Waals surface area contributed by atoms with Gasteiger partial charge in [-0.2, -0.15) is 18.2 Å². The molecular weight excluding hydrogens is 349 g/mol. The van der Waals surface area contributed by atoms with Gasteiger partial charge in [0, 0.05) is 5.69 Å². The topological polar surface area (TPSA) is 71.3 Å². The summed E-state index contributed by atoms with van der Waals surface area (Å²) in [4.78, 5) is 17.5. The standard InChI is InChI=1S/C14H14ClF3N4O2/c1-8-19-13(24-21-8)7-22(2)6-12(23)20-9-3-4-11(15)10(5-9)14(16,17)18/h3-5H,6-7H2,1-2H3,(H,20,23). The summed E-state index contributed by atoms with van der Waals surface area (Å²) < 4.78 is 43.3. The zero-order valence-corrected chi connectivity index (χ0v) is 13.6. The number of rotatable bonds is 5. The van der Waals surface area contributed by atoms with E-state index in [4.69, 9.17) is 16.1 Å². The van der Waals surface area contributed by atoms with Crippen LogP contribution in [0.1, 0.15) is 17.3 Å². The number of carbonyl (C=O) groups excluding carboxylic acids is 1. The maximum atomic E-state index is 12.8. The molecule has 0 bridgehead atoms. The maximum Gasteiger partial charge on any atom is 0.417 e. The lowest BCUT2D eigenvalue weighted by molar-refractivity contribution is -0.137. The van der Waals surface area contributed by atoms with E-state index in [1.807, 2.05) is 0 Å². The van der Waals surface area contributed by atoms with Crippen molar-refractivity contribution in [3.63, 3.8) is 0 Å². The van der Waals surface area contributed by atoms with Gasteiger partial charge in [-0.15, -0.1) is 0 Å². The van der Waals surface area contributed by atoms with Gasteiger partial charge in [0.15, 0.2) is 5.82 Å². The molecule has 0 aliphatic rings. The van der Waals surface area contributed by atoms with Gasteiger partial charge < -0.3 is 9.84 Å². The molecule has 130 valence electrons. The van der Waals surface area contributed by atoms with E-state index in [9.17, 15) is 18.0 Å². The average Bonchev–Trinajstić information content (AvgIpc) is 2.84. The van der Waals surface area contributed by atoms with Crippen molar-refractivity contribution in [2.75, 3.05) is 18.9 Å². The molecule has 24 heavy (non-hydrogen) atoms. The fourth-order valence-corrected chi connectivity index (χ4v) is 2.18. The number of nitrogens with one attached hydrogen (secondary N) is 1. The van der Waals surface area contributed by atoms with Crippen LogP contribution in [0.4, 0.5) is 18.9 Å². The lowest BCUT2D eigenvalue weighted by Crippen LogP contribution is -2.30. The third kappa shape index (κ3) is 4.93. The molecule has 0 aliphatic heterocycles. The second kappa shape index (κ2) is 7.18. The van der Waals surface area contributed by atoms with E-state index >= 15 is 0 Å². The Morgan fingerprint density at radius 1 is 1.42 bits per heavy atom. The summed E-state index contributed by atoms with van der Waals surface area (Å²) >= 11 is 5.53. The minimum atomic E-state index is -4.59. The average molecular weight is 363 g/mol. The summed E-state index contributed by atoms with van der Waals surface area (Å²) in [7, 11) is 1.64. The highest BCUT2D eigenvalue weighted by molar-refractivity contribution is 6.31. The monoisotopic (exact) mass is 362 g/mol. The van der Waals surface area contributed by atoms with Crippen molar-refractivity contribution in [2.24, 2.45) is 0 Å². The Balaban J connectivity index is 1.97. The Hall–Kier alpha value is -2.13. The van der Waals surface area contributed by atoms with Crippen molar-refractivity contribution in [3.05, 3.63) is 40.5 Å². The minimum absolute atomic E-state index is 0.0127. The van der Waals surface area contributed by atoms with Gasteiger partial charge in [0.25, 0.3) is 0 Å². The van der Waals surface area contributed by atoms with Crippen molar-refractivity contribution in [3.8, 4) is 0 Å². The Morgan fingerprint density at radius 3 is 2.71 bits per heavy atom. The van der Waals surface area contributed by atoms with Crippen molar-refractivity contribution in [1.29, 1.82) is 0 Å². The predicted octanol–water partition coefficient (Wildman–Crippen LogP) is 3.12. The molecule has 0 saturated carbocycles. The fraction of sp³-hybridized carbons (Fsp3) is 0.357. The molecule has 0 atom stereocenters. The zero-order valence-electron chi connectivity index (χ0n) is 12.8. The number of benzene rings is 1. The smallest absolute Gasteiger partial charge is 0.338 e. The third-order valence-electron chi connectivity index (χ3n) is 2.94. The number of likely N-dealkylation sites (N-methyl/N-ethyl adjacent to an activating group) is 1. The number of hydrogen-bond acceptors (Lipinski definition) is 5. The highest BCUT2D eigenvalue weighted by Crippen LogP contribution is 2.36. The molecule has 1 amide bonds. The number of hydrogen-bond donors (Lipinski definition) is 1. The number of aromatic nitrogens is 2. The first-order chi connectivity index (χ1) is 11.1. The molecule has 2 aromatic rings. The van der Waals surface area contributed by atoms with Gasteiger partial charge in [-0.05, 0) is 32.2 Å². The number of alkyl halides is 3. The number of carbonyl (C=O) groups is 1. The van der Waals surface area contributed by atoms with Crippen molar-refractivity contribution < 1.29 is 22.5 Å². The van der Waals surface area contributed by atoms with Crippen LogP contribution in [0.2, 0.25) is 5.02 Å². The van der Waals surface area contributed by atoms with Crippen LogP contribution < -0.4 is 5.32 Å². The normalized spacial score (nSPS) is 11.8. The number of amides is 1. The molecular formula is C14H14ClF3N4O2. The van der Waals surface area contributed by atoms with E-state index in [1.54, 1.807) is 18.9 Å². The van der Waals surface area contributed by atoms with E-state index in [0.29, 0.717) is 11.7 Å². The molecule has 10 heteroatoms. The molecule has 0 unspecified atom stereocenters. The Labute approximate surface area is 140 Å². The first-order valence-corrected chi connectivity index (χ1v) is 7.17. The first kappa shape index (κ1) is 18.2. The van der Waals surface area contributed by atoms with Gasteiger partial charge in [-0.3, -0.25) is 9.69 Å². The van der Waals surface area contributed by atoms with Gasteiger partial charge >= 0.3 is 6.18 Å². The summed E-state index contributed by atoms with van der Waals surface area (Å²) in [5, 5.41) is 5.60. The van der Waals surface area contributed by atoms with Crippen molar-refractivity contribution in [2.45, 2.75) is 19.6 Å². The van der Waals surface area contributed by atoms with Crippen LogP contribution in [0.25, 0.3) is 0 Å². The molecule has 1 N–H and O–H groups in total. The summed E-state index contributed by atoms with van der Waals surface area (Å²) in [5.41, 5.74) is -0.990. The van der Waals surface area contributed by atoms with Gasteiger partial charge in [0.2, 0.25) is 11.8 Å². The van der Waals surface area contributed by atoms with E-state index < -0.39 is 22.7 Å². The summed E-state index contributed by atoms with van der Waals surface area (Å²) in [6.45, 7) is 1.84. The van der Waals surface area contributed by atoms with Gasteiger partial charge in [-0.25, -0.2) is 0 Å². The largest absolute Gasteiger partial charge is 0.417 e. The SMILES string of the molecule is Cc1noc(CN(C)CC(=O)Nc2ccc(Cl)c(C(F)(F)F)c2)n1. The number of nitrogens with zero attached hydrogens (tertiary/aromatic N) is 3. The number of anilines is 1. The Morgan fingerprint density at radius 2 is 2.12 bits per heavy atom. The van der Waals surface area contributed by atoms with Crippen molar-refractivity contribution >= 4 is 23.2 Å². The molecule has 0 radical (unpaired) electrons. The van der Waals surface area contributed by atoms with E-state index in [-0.39, 0.29) is 18.8 Å². The molecule has 0 aliphatic carbocycles. The molecule has 0 fully saturated rings. The van der Waals surface area contributed by atoms with Crippen LogP contribution in [-0.2, 0) is 17.5 Å². The molecule has 1 aromatic carbocycles. The number of halogens is 4. The Bertz CT molecular complexity index is 733. The third-order valence-corrected chi connectivity index (χ3v) is 3.27. The molecule has 0 saturated heterocycles. The highest BCUT2D eigenvalue weighted by Gasteiger charge is 2.33. The predicted molar refractivity (Wildman–Crippen MR) is 80.5 cm³/mol. The zero-order chi connectivity index (χ0) is 17.9. The molecule has 1 heterocycles. The second-order valence-corrected chi connectivity index (χ2v) is 5.56. The van der Waals surface area contributed by atoms with Crippen LogP contribution in [-0.4, -0.2) is 34.5 Å². The van der Waals surface area contributed by atoms with Crippen LogP contribution in [0.5, 0.6) is 0 Å². The summed E-state index contributed by atoms with van der Waals surface area (Å²) in [6.07, 6.45) is -4.59. The van der Waals surface area contributed by atoms with Crippen molar-refractivity contribution in [1.82, 2.24) is 15.0 Å². The quantitative estimate of drug-likeness (QED) is 0.884. The fourth-order valence-electron chi connectivity index (χ4n) is 1.96. The summed E-state index contributed by atoms with van der Waals surface area (Å²) in [6, 6.07) is 3.18. The van der Waals surface area contributed by atoms with E-state index in [2.05, 4.69) is 15.5 Å². The number of aryl methyl sites for hydroxylation is 1.